The molecule has 1 spiro atoms. The van der Waals surface area contributed by atoms with Crippen LogP contribution in [0, 0.1) is 6.92 Å². The Balaban J connectivity index is 1.39. The normalized spacial score (nSPS) is 20.4. The van der Waals surface area contributed by atoms with E-state index in [4.69, 9.17) is 9.47 Å². The maximum Gasteiger partial charge on any atom is 0.293 e. The molecule has 9 heteroatoms. The minimum absolute atomic E-state index is 0.0603. The van der Waals surface area contributed by atoms with Gasteiger partial charge in [-0.05, 0) is 62.8 Å². The lowest BCUT2D eigenvalue weighted by molar-refractivity contribution is -0.170. The van der Waals surface area contributed by atoms with E-state index in [0.717, 1.165) is 43.5 Å². The Morgan fingerprint density at radius 2 is 1.82 bits per heavy atom. The number of amides is 2. The molecule has 0 N–H and O–H groups in total. The van der Waals surface area contributed by atoms with Crippen LogP contribution in [0.2, 0.25) is 0 Å². The van der Waals surface area contributed by atoms with Gasteiger partial charge in [0.25, 0.3) is 11.8 Å². The third-order valence-corrected chi connectivity index (χ3v) is 7.76. The van der Waals surface area contributed by atoms with Crippen LogP contribution in [-0.4, -0.2) is 81.4 Å². The lowest BCUT2D eigenvalue weighted by Crippen LogP contribution is -2.62. The molecule has 3 aromatic rings. The number of ether oxygens (including phenoxy) is 2. The van der Waals surface area contributed by atoms with Crippen molar-refractivity contribution in [3.05, 3.63) is 71.8 Å². The van der Waals surface area contributed by atoms with Crippen molar-refractivity contribution in [1.29, 1.82) is 0 Å². The summed E-state index contributed by atoms with van der Waals surface area (Å²) >= 11 is 0. The molecular weight excluding hydrogens is 506 g/mol. The van der Waals surface area contributed by atoms with Crippen molar-refractivity contribution in [2.24, 2.45) is 0 Å². The second-order valence-electron chi connectivity index (χ2n) is 10.6. The fraction of sp³-hybridized carbons (Fsp3) is 0.484. The molecule has 0 bridgehead atoms. The number of nitrogens with zero attached hydrogens (tertiary/aromatic N) is 5. The molecule has 1 fully saturated rings. The van der Waals surface area contributed by atoms with Crippen LogP contribution < -0.4 is 4.74 Å². The number of aryl methyl sites for hydroxylation is 2. The molecule has 1 atom stereocenters. The maximum absolute atomic E-state index is 14.2. The van der Waals surface area contributed by atoms with Gasteiger partial charge in [0, 0.05) is 13.1 Å². The standard InChI is InChI=1S/C31H39N5O4/c1-3-4-18-34-19-21-39-27-16-9-8-12-25(27)13-10-11-17-31(30(34)38)23-35(20-22-40-31)29(37)28-32-24(2)36(33-28)26-14-6-5-7-15-26/h5-9,12,14-16H,3-4,10-11,13,17-23H2,1-2H3. The van der Waals surface area contributed by atoms with Crippen LogP contribution in [0.1, 0.15) is 61.0 Å². The summed E-state index contributed by atoms with van der Waals surface area (Å²) in [5.41, 5.74) is 0.924. The zero-order valence-corrected chi connectivity index (χ0v) is 23.6. The van der Waals surface area contributed by atoms with Crippen LogP contribution in [-0.2, 0) is 16.0 Å². The Morgan fingerprint density at radius 3 is 2.65 bits per heavy atom. The van der Waals surface area contributed by atoms with E-state index in [9.17, 15) is 9.59 Å². The average Bonchev–Trinajstić information content (AvgIpc) is 3.38. The number of carbonyl (C=O) groups excluding carboxylic acids is 2. The van der Waals surface area contributed by atoms with Gasteiger partial charge >= 0.3 is 0 Å². The maximum atomic E-state index is 14.2. The first-order chi connectivity index (χ1) is 19.5. The minimum Gasteiger partial charge on any atom is -0.491 e. The SMILES string of the molecule is CCCCN1CCOc2ccccc2CCCCC2(CN(C(=O)c3nc(C)n(-c4ccccc4)n3)CCO2)C1=O. The van der Waals surface area contributed by atoms with Gasteiger partial charge < -0.3 is 19.3 Å². The van der Waals surface area contributed by atoms with E-state index < -0.39 is 5.60 Å². The first-order valence-electron chi connectivity index (χ1n) is 14.4. The Morgan fingerprint density at radius 1 is 1.02 bits per heavy atom. The van der Waals surface area contributed by atoms with Gasteiger partial charge in [-0.1, -0.05) is 49.7 Å². The summed E-state index contributed by atoms with van der Waals surface area (Å²) in [6, 6.07) is 17.8. The summed E-state index contributed by atoms with van der Waals surface area (Å²) in [6.07, 6.45) is 4.96. The molecule has 3 heterocycles. The smallest absolute Gasteiger partial charge is 0.293 e. The van der Waals surface area contributed by atoms with Crippen molar-refractivity contribution in [2.75, 3.05) is 39.4 Å². The summed E-state index contributed by atoms with van der Waals surface area (Å²) in [6.45, 7) is 6.31. The number of rotatable bonds is 5. The Labute approximate surface area is 236 Å². The first kappa shape index (κ1) is 27.8. The predicted octanol–water partition coefficient (Wildman–Crippen LogP) is 4.22. The van der Waals surface area contributed by atoms with Crippen LogP contribution in [0.25, 0.3) is 5.69 Å². The van der Waals surface area contributed by atoms with Gasteiger partial charge in [-0.2, -0.15) is 0 Å². The van der Waals surface area contributed by atoms with Crippen molar-refractivity contribution in [2.45, 2.75) is 58.0 Å². The fourth-order valence-corrected chi connectivity index (χ4v) is 5.58. The third kappa shape index (κ3) is 6.04. The van der Waals surface area contributed by atoms with Crippen LogP contribution in [0.4, 0.5) is 0 Å². The topological polar surface area (TPSA) is 89.8 Å². The van der Waals surface area contributed by atoms with Crippen molar-refractivity contribution in [3.63, 3.8) is 0 Å². The zero-order chi connectivity index (χ0) is 28.0. The van der Waals surface area contributed by atoms with E-state index in [-0.39, 0.29) is 30.8 Å². The highest BCUT2D eigenvalue weighted by molar-refractivity contribution is 5.92. The van der Waals surface area contributed by atoms with Crippen LogP contribution in [0.5, 0.6) is 5.75 Å². The van der Waals surface area contributed by atoms with Crippen molar-refractivity contribution < 1.29 is 19.1 Å². The predicted molar refractivity (Wildman–Crippen MR) is 152 cm³/mol. The summed E-state index contributed by atoms with van der Waals surface area (Å²) in [5, 5.41) is 4.53. The molecule has 0 aliphatic carbocycles. The van der Waals surface area contributed by atoms with E-state index >= 15 is 0 Å². The van der Waals surface area contributed by atoms with Crippen LogP contribution >= 0.6 is 0 Å². The van der Waals surface area contributed by atoms with Gasteiger partial charge in [0.2, 0.25) is 5.82 Å². The molecule has 2 aliphatic rings. The summed E-state index contributed by atoms with van der Waals surface area (Å²) in [5.74, 6) is 1.31. The Bertz CT molecular complexity index is 1310. The number of aromatic nitrogens is 3. The van der Waals surface area contributed by atoms with E-state index in [2.05, 4.69) is 23.1 Å². The molecule has 2 aliphatic heterocycles. The Hall–Kier alpha value is -3.72. The number of hydrogen-bond acceptors (Lipinski definition) is 6. The van der Waals surface area contributed by atoms with Gasteiger partial charge in [-0.3, -0.25) is 9.59 Å². The number of carbonyl (C=O) groups is 2. The van der Waals surface area contributed by atoms with E-state index in [1.54, 1.807) is 9.58 Å². The molecule has 0 saturated carbocycles. The molecule has 40 heavy (non-hydrogen) atoms. The monoisotopic (exact) mass is 545 g/mol. The molecule has 2 aromatic carbocycles. The highest BCUT2D eigenvalue weighted by Gasteiger charge is 2.47. The van der Waals surface area contributed by atoms with Crippen LogP contribution in [0.15, 0.2) is 54.6 Å². The molecular formula is C31H39N5O4. The quantitative estimate of drug-likeness (QED) is 0.477. The highest BCUT2D eigenvalue weighted by Crippen LogP contribution is 2.30. The highest BCUT2D eigenvalue weighted by atomic mass is 16.5. The minimum atomic E-state index is -1.10. The lowest BCUT2D eigenvalue weighted by Gasteiger charge is -2.44. The molecule has 1 aromatic heterocycles. The molecule has 2 amide bonds. The number of fused-ring (bicyclic) bond motifs is 1. The van der Waals surface area contributed by atoms with Crippen molar-refractivity contribution in [1.82, 2.24) is 24.6 Å². The molecule has 1 unspecified atom stereocenters. The van der Waals surface area contributed by atoms with E-state index in [1.807, 2.05) is 60.4 Å². The number of benzene rings is 2. The largest absolute Gasteiger partial charge is 0.491 e. The van der Waals surface area contributed by atoms with Crippen molar-refractivity contribution in [3.8, 4) is 11.4 Å². The number of morpholine rings is 1. The fourth-order valence-electron chi connectivity index (χ4n) is 5.58. The summed E-state index contributed by atoms with van der Waals surface area (Å²) in [4.78, 5) is 35.9. The summed E-state index contributed by atoms with van der Waals surface area (Å²) < 4.78 is 14.2. The molecule has 9 nitrogen and oxygen atoms in total. The number of hydrogen-bond donors (Lipinski definition) is 0. The second-order valence-corrected chi connectivity index (χ2v) is 10.6. The first-order valence-corrected chi connectivity index (χ1v) is 14.4. The second kappa shape index (κ2) is 12.6. The Kier molecular flexibility index (Phi) is 8.79. The van der Waals surface area contributed by atoms with E-state index in [1.165, 1.54) is 5.56 Å². The van der Waals surface area contributed by atoms with Gasteiger partial charge in [-0.25, -0.2) is 9.67 Å². The molecule has 1 saturated heterocycles. The number of para-hydroxylation sites is 2. The van der Waals surface area contributed by atoms with Gasteiger partial charge in [0.1, 0.15) is 18.2 Å². The molecule has 0 radical (unpaired) electrons. The van der Waals surface area contributed by atoms with Crippen molar-refractivity contribution >= 4 is 11.8 Å². The van der Waals surface area contributed by atoms with Gasteiger partial charge in [0.05, 0.1) is 25.4 Å². The molecule has 212 valence electrons. The third-order valence-electron chi connectivity index (χ3n) is 7.76. The van der Waals surface area contributed by atoms with E-state index in [0.29, 0.717) is 38.5 Å². The number of unbranched alkanes of at least 4 members (excludes halogenated alkanes) is 1. The average molecular weight is 546 g/mol. The zero-order valence-electron chi connectivity index (χ0n) is 23.6. The van der Waals surface area contributed by atoms with Gasteiger partial charge in [-0.15, -0.1) is 5.10 Å². The van der Waals surface area contributed by atoms with Crippen LogP contribution in [0.3, 0.4) is 0 Å². The van der Waals surface area contributed by atoms with Gasteiger partial charge in [0.15, 0.2) is 5.60 Å². The lowest BCUT2D eigenvalue weighted by atomic mass is 9.90. The molecule has 5 rings (SSSR count). The summed E-state index contributed by atoms with van der Waals surface area (Å²) in [7, 11) is 0.